The van der Waals surface area contributed by atoms with Crippen LogP contribution >= 0.6 is 11.8 Å². The van der Waals surface area contributed by atoms with Crippen LogP contribution in [0.2, 0.25) is 0 Å². The van der Waals surface area contributed by atoms with Crippen LogP contribution in [0, 0.1) is 13.8 Å². The van der Waals surface area contributed by atoms with Crippen molar-refractivity contribution in [2.45, 2.75) is 32.5 Å². The molecule has 0 spiro atoms. The van der Waals surface area contributed by atoms with Gasteiger partial charge in [-0.3, -0.25) is 9.48 Å². The smallest absolute Gasteiger partial charge is 0.234 e. The molecular formula is C24H26N6OS. The molecule has 0 aliphatic rings. The van der Waals surface area contributed by atoms with Gasteiger partial charge in [-0.15, -0.1) is 10.2 Å². The van der Waals surface area contributed by atoms with Gasteiger partial charge in [0.15, 0.2) is 11.0 Å². The fourth-order valence-corrected chi connectivity index (χ4v) is 4.41. The van der Waals surface area contributed by atoms with E-state index in [9.17, 15) is 4.79 Å². The highest BCUT2D eigenvalue weighted by molar-refractivity contribution is 7.99. The minimum atomic E-state index is -0.0690. The van der Waals surface area contributed by atoms with E-state index >= 15 is 0 Å². The van der Waals surface area contributed by atoms with Gasteiger partial charge in [-0.05, 0) is 32.4 Å². The van der Waals surface area contributed by atoms with Crippen molar-refractivity contribution in [3.63, 3.8) is 0 Å². The number of hydrogen-bond acceptors (Lipinski definition) is 5. The van der Waals surface area contributed by atoms with Crippen LogP contribution in [-0.4, -0.2) is 36.2 Å². The lowest BCUT2D eigenvalue weighted by atomic mass is 10.1. The van der Waals surface area contributed by atoms with Crippen molar-refractivity contribution >= 4 is 23.4 Å². The van der Waals surface area contributed by atoms with Crippen LogP contribution < -0.4 is 5.32 Å². The first-order valence-corrected chi connectivity index (χ1v) is 11.5. The normalized spacial score (nSPS) is 11.0. The van der Waals surface area contributed by atoms with Gasteiger partial charge in [0.05, 0.1) is 11.3 Å². The predicted octanol–water partition coefficient (Wildman–Crippen LogP) is 4.71. The maximum Gasteiger partial charge on any atom is 0.234 e. The number of nitrogens with zero attached hydrogens (tertiary/aromatic N) is 5. The minimum absolute atomic E-state index is 0.0690. The molecule has 0 unspecified atom stereocenters. The van der Waals surface area contributed by atoms with Crippen LogP contribution in [0.5, 0.6) is 0 Å². The van der Waals surface area contributed by atoms with Crippen molar-refractivity contribution < 1.29 is 4.79 Å². The molecule has 7 nitrogen and oxygen atoms in total. The van der Waals surface area contributed by atoms with E-state index in [2.05, 4.69) is 26.7 Å². The molecule has 2 aromatic carbocycles. The Morgan fingerprint density at radius 3 is 2.59 bits per heavy atom. The molecular weight excluding hydrogens is 420 g/mol. The third-order valence-electron chi connectivity index (χ3n) is 5.14. The van der Waals surface area contributed by atoms with Crippen molar-refractivity contribution in [3.05, 3.63) is 65.9 Å². The number of amides is 1. The van der Waals surface area contributed by atoms with Crippen molar-refractivity contribution in [2.75, 3.05) is 11.1 Å². The van der Waals surface area contributed by atoms with Crippen molar-refractivity contribution in [2.24, 2.45) is 7.05 Å². The monoisotopic (exact) mass is 446 g/mol. The Hall–Kier alpha value is -3.39. The second-order valence-electron chi connectivity index (χ2n) is 7.64. The van der Waals surface area contributed by atoms with Crippen molar-refractivity contribution in [3.8, 4) is 22.6 Å². The summed E-state index contributed by atoms with van der Waals surface area (Å²) in [7, 11) is 1.90. The number of rotatable bonds is 7. The topological polar surface area (TPSA) is 77.6 Å². The average Bonchev–Trinajstić information content (AvgIpc) is 3.37. The maximum atomic E-state index is 12.5. The number of nitrogens with one attached hydrogen (secondary N) is 1. The molecule has 32 heavy (non-hydrogen) atoms. The molecule has 2 heterocycles. The highest BCUT2D eigenvalue weighted by Gasteiger charge is 2.20. The number of anilines is 1. The molecule has 2 aromatic heterocycles. The summed E-state index contributed by atoms with van der Waals surface area (Å²) >= 11 is 1.38. The van der Waals surface area contributed by atoms with E-state index in [4.69, 9.17) is 0 Å². The molecule has 0 aliphatic carbocycles. The summed E-state index contributed by atoms with van der Waals surface area (Å²) in [6, 6.07) is 16.0. The fraction of sp³-hybridized carbons (Fsp3) is 0.250. The lowest BCUT2D eigenvalue weighted by Crippen LogP contribution is -2.15. The Morgan fingerprint density at radius 1 is 1.09 bits per heavy atom. The second-order valence-corrected chi connectivity index (χ2v) is 8.58. The van der Waals surface area contributed by atoms with E-state index in [0.717, 1.165) is 33.9 Å². The molecule has 0 saturated carbocycles. The first kappa shape index (κ1) is 21.8. The molecule has 0 fully saturated rings. The van der Waals surface area contributed by atoms with Gasteiger partial charge in [-0.1, -0.05) is 59.8 Å². The molecule has 0 radical (unpaired) electrons. The quantitative estimate of drug-likeness (QED) is 0.416. The highest BCUT2D eigenvalue weighted by Crippen LogP contribution is 2.31. The van der Waals surface area contributed by atoms with Gasteiger partial charge in [0.25, 0.3) is 0 Å². The van der Waals surface area contributed by atoms with Gasteiger partial charge in [-0.25, -0.2) is 0 Å². The largest absolute Gasteiger partial charge is 0.325 e. The van der Waals surface area contributed by atoms with E-state index in [-0.39, 0.29) is 11.7 Å². The lowest BCUT2D eigenvalue weighted by molar-refractivity contribution is -0.113. The summed E-state index contributed by atoms with van der Waals surface area (Å²) in [6.07, 6.45) is 1.96. The molecule has 0 bridgehead atoms. The second kappa shape index (κ2) is 9.40. The van der Waals surface area contributed by atoms with E-state index < -0.39 is 0 Å². The maximum absolute atomic E-state index is 12.5. The van der Waals surface area contributed by atoms with E-state index in [1.165, 1.54) is 17.3 Å². The van der Waals surface area contributed by atoms with Gasteiger partial charge in [-0.2, -0.15) is 5.10 Å². The number of aromatic nitrogens is 5. The van der Waals surface area contributed by atoms with Crippen LogP contribution in [0.1, 0.15) is 18.1 Å². The van der Waals surface area contributed by atoms with Crippen LogP contribution in [-0.2, 0) is 18.4 Å². The molecule has 0 atom stereocenters. The number of aryl methyl sites for hydroxylation is 3. The number of benzene rings is 2. The summed E-state index contributed by atoms with van der Waals surface area (Å²) < 4.78 is 3.81. The summed E-state index contributed by atoms with van der Waals surface area (Å²) in [5, 5.41) is 17.2. The number of thioether (sulfide) groups is 1. The van der Waals surface area contributed by atoms with Gasteiger partial charge >= 0.3 is 0 Å². The van der Waals surface area contributed by atoms with Gasteiger partial charge < -0.3 is 9.88 Å². The van der Waals surface area contributed by atoms with Gasteiger partial charge in [0.2, 0.25) is 5.91 Å². The summed E-state index contributed by atoms with van der Waals surface area (Å²) in [6.45, 7) is 6.76. The molecule has 0 saturated heterocycles. The van der Waals surface area contributed by atoms with Crippen LogP contribution in [0.3, 0.4) is 0 Å². The molecule has 4 aromatic rings. The number of carbonyl (C=O) groups is 1. The molecule has 0 aliphatic heterocycles. The molecule has 1 N–H and O–H groups in total. The predicted molar refractivity (Wildman–Crippen MR) is 129 cm³/mol. The zero-order chi connectivity index (χ0) is 22.7. The van der Waals surface area contributed by atoms with Crippen LogP contribution in [0.25, 0.3) is 22.6 Å². The number of carbonyl (C=O) groups excluding carboxylic acids is 1. The average molecular weight is 447 g/mol. The molecule has 4 rings (SSSR count). The third-order valence-corrected chi connectivity index (χ3v) is 6.11. The standard InChI is InChI=1S/C24H26N6OS/c1-5-30-23(19-14-29(4)28-22(19)18-9-7-6-8-10-18)26-27-24(30)32-15-21(31)25-20-12-11-16(2)13-17(20)3/h6-14H,5,15H2,1-4H3,(H,25,31). The van der Waals surface area contributed by atoms with Gasteiger partial charge in [0.1, 0.15) is 5.69 Å². The Kier molecular flexibility index (Phi) is 6.41. The van der Waals surface area contributed by atoms with E-state index in [0.29, 0.717) is 11.7 Å². The first-order valence-electron chi connectivity index (χ1n) is 10.5. The lowest BCUT2D eigenvalue weighted by Gasteiger charge is -2.10. The van der Waals surface area contributed by atoms with E-state index in [1.54, 1.807) is 4.68 Å². The zero-order valence-corrected chi connectivity index (χ0v) is 19.5. The summed E-state index contributed by atoms with van der Waals surface area (Å²) in [5.41, 5.74) is 5.85. The van der Waals surface area contributed by atoms with Gasteiger partial charge in [0, 0.05) is 31.0 Å². The molecule has 164 valence electrons. The minimum Gasteiger partial charge on any atom is -0.325 e. The van der Waals surface area contributed by atoms with Crippen LogP contribution in [0.15, 0.2) is 59.9 Å². The van der Waals surface area contributed by atoms with E-state index in [1.807, 2.05) is 81.0 Å². The fourth-order valence-electron chi connectivity index (χ4n) is 3.61. The zero-order valence-electron chi connectivity index (χ0n) is 18.7. The summed E-state index contributed by atoms with van der Waals surface area (Å²) in [5.74, 6) is 0.932. The Balaban J connectivity index is 1.54. The molecule has 8 heteroatoms. The Labute approximate surface area is 191 Å². The third kappa shape index (κ3) is 4.60. The first-order chi connectivity index (χ1) is 15.5. The summed E-state index contributed by atoms with van der Waals surface area (Å²) in [4.78, 5) is 12.5. The Morgan fingerprint density at radius 2 is 1.88 bits per heavy atom. The Bertz CT molecular complexity index is 1240. The SMILES string of the molecule is CCn1c(SCC(=O)Nc2ccc(C)cc2C)nnc1-c1cn(C)nc1-c1ccccc1. The van der Waals surface area contributed by atoms with Crippen LogP contribution in [0.4, 0.5) is 5.69 Å². The van der Waals surface area contributed by atoms with Crippen molar-refractivity contribution in [1.82, 2.24) is 24.5 Å². The highest BCUT2D eigenvalue weighted by atomic mass is 32.2. The molecule has 1 amide bonds. The van der Waals surface area contributed by atoms with Crippen molar-refractivity contribution in [1.29, 1.82) is 0 Å². The number of hydrogen-bond donors (Lipinski definition) is 1.